The van der Waals surface area contributed by atoms with Crippen LogP contribution >= 0.6 is 12.2 Å². The zero-order valence-electron chi connectivity index (χ0n) is 15.1. The van der Waals surface area contributed by atoms with Crippen molar-refractivity contribution in [2.75, 3.05) is 18.8 Å². The van der Waals surface area contributed by atoms with Crippen molar-refractivity contribution in [2.45, 2.75) is 33.2 Å². The monoisotopic (exact) mass is 398 g/mol. The van der Waals surface area contributed by atoms with Gasteiger partial charge in [-0.15, -0.1) is 0 Å². The summed E-state index contributed by atoms with van der Waals surface area (Å²) in [6, 6.07) is 8.06. The first-order chi connectivity index (χ1) is 12.3. The molecule has 26 heavy (non-hydrogen) atoms. The number of thiocarbonyl (C=S) groups is 1. The summed E-state index contributed by atoms with van der Waals surface area (Å²) in [5, 5.41) is 3.33. The highest BCUT2D eigenvalue weighted by Gasteiger charge is 2.31. The largest absolute Gasteiger partial charge is 0.357 e. The van der Waals surface area contributed by atoms with Crippen LogP contribution in [0.3, 0.4) is 0 Å². The van der Waals surface area contributed by atoms with Crippen molar-refractivity contribution in [3.05, 3.63) is 35.4 Å². The number of nitrogens with zero attached hydrogens (tertiary/aromatic N) is 1. The first-order valence-electron chi connectivity index (χ1n) is 8.69. The number of piperidine rings is 1. The molecule has 2 rings (SSSR count). The van der Waals surface area contributed by atoms with E-state index in [0.717, 1.165) is 5.56 Å². The quantitative estimate of drug-likeness (QED) is 0.507. The second-order valence-electron chi connectivity index (χ2n) is 6.38. The second kappa shape index (κ2) is 9.29. The Bertz CT molecular complexity index is 735. The Balaban J connectivity index is 1.76. The molecule has 3 N–H and O–H groups in total. The van der Waals surface area contributed by atoms with Gasteiger partial charge in [0.1, 0.15) is 0 Å². The Hall–Kier alpha value is -1.71. The van der Waals surface area contributed by atoms with Crippen LogP contribution in [0.1, 0.15) is 30.9 Å². The maximum atomic E-state index is 12.3. The highest BCUT2D eigenvalue weighted by molar-refractivity contribution is 7.89. The van der Waals surface area contributed by atoms with E-state index in [1.54, 1.807) is 6.92 Å². The first-order valence-corrected chi connectivity index (χ1v) is 10.7. The van der Waals surface area contributed by atoms with Crippen molar-refractivity contribution in [1.82, 2.24) is 20.5 Å². The van der Waals surface area contributed by atoms with Gasteiger partial charge in [-0.3, -0.25) is 15.6 Å². The lowest BCUT2D eigenvalue weighted by molar-refractivity contribution is -0.126. The number of carbonyl (C=O) groups excluding carboxylic acids is 1. The van der Waals surface area contributed by atoms with E-state index in [2.05, 4.69) is 16.2 Å². The number of benzene rings is 1. The van der Waals surface area contributed by atoms with E-state index in [1.807, 2.05) is 31.2 Å². The van der Waals surface area contributed by atoms with E-state index in [-0.39, 0.29) is 24.1 Å². The van der Waals surface area contributed by atoms with E-state index < -0.39 is 10.0 Å². The third kappa shape index (κ3) is 5.93. The molecule has 0 aromatic heterocycles. The molecule has 0 saturated carbocycles. The van der Waals surface area contributed by atoms with E-state index in [4.69, 9.17) is 12.2 Å². The zero-order chi connectivity index (χ0) is 19.2. The average Bonchev–Trinajstić information content (AvgIpc) is 2.65. The Labute approximate surface area is 160 Å². The standard InChI is InChI=1S/C17H26N4O3S2/c1-3-26(23,24)21-10-4-5-15(12-21)16(22)19-20-17(25)18-11-14-8-6-13(2)7-9-14/h6-9,15H,3-5,10-12H2,1-2H3,(H,19,22)(H2,18,20,25). The molecule has 1 aliphatic rings. The predicted molar refractivity (Wildman–Crippen MR) is 106 cm³/mol. The fourth-order valence-electron chi connectivity index (χ4n) is 2.74. The van der Waals surface area contributed by atoms with Gasteiger partial charge in [0.15, 0.2) is 5.11 Å². The molecule has 1 aromatic rings. The number of carbonyl (C=O) groups is 1. The van der Waals surface area contributed by atoms with Crippen molar-refractivity contribution >= 4 is 33.3 Å². The molecule has 1 saturated heterocycles. The van der Waals surface area contributed by atoms with Gasteiger partial charge in [0.05, 0.1) is 11.7 Å². The Morgan fingerprint density at radius 2 is 1.96 bits per heavy atom. The van der Waals surface area contributed by atoms with Gasteiger partial charge in [-0.2, -0.15) is 0 Å². The summed E-state index contributed by atoms with van der Waals surface area (Å²) in [6.45, 7) is 4.88. The zero-order valence-corrected chi connectivity index (χ0v) is 16.8. The van der Waals surface area contributed by atoms with E-state index in [1.165, 1.54) is 9.87 Å². The highest BCUT2D eigenvalue weighted by atomic mass is 32.2. The van der Waals surface area contributed by atoms with Gasteiger partial charge in [-0.1, -0.05) is 29.8 Å². The van der Waals surface area contributed by atoms with Crippen molar-refractivity contribution in [3.63, 3.8) is 0 Å². The fraction of sp³-hybridized carbons (Fsp3) is 0.529. The van der Waals surface area contributed by atoms with Gasteiger partial charge < -0.3 is 5.32 Å². The van der Waals surface area contributed by atoms with Crippen molar-refractivity contribution in [3.8, 4) is 0 Å². The maximum absolute atomic E-state index is 12.3. The van der Waals surface area contributed by atoms with Crippen molar-refractivity contribution in [2.24, 2.45) is 5.92 Å². The van der Waals surface area contributed by atoms with E-state index >= 15 is 0 Å². The number of aryl methyl sites for hydroxylation is 1. The summed E-state index contributed by atoms with van der Waals surface area (Å²) in [4.78, 5) is 12.3. The van der Waals surface area contributed by atoms with Crippen molar-refractivity contribution < 1.29 is 13.2 Å². The Kier molecular flexibility index (Phi) is 7.36. The molecular weight excluding hydrogens is 372 g/mol. The van der Waals surface area contributed by atoms with Gasteiger partial charge in [0.25, 0.3) is 0 Å². The van der Waals surface area contributed by atoms with Crippen LogP contribution in [0.5, 0.6) is 0 Å². The molecule has 1 unspecified atom stereocenters. The molecule has 0 bridgehead atoms. The van der Waals surface area contributed by atoms with E-state index in [0.29, 0.717) is 31.0 Å². The van der Waals surface area contributed by atoms with Gasteiger partial charge in [-0.25, -0.2) is 12.7 Å². The average molecular weight is 399 g/mol. The van der Waals surface area contributed by atoms with Gasteiger partial charge in [-0.05, 0) is 44.5 Å². The maximum Gasteiger partial charge on any atom is 0.242 e. The minimum atomic E-state index is -3.27. The van der Waals surface area contributed by atoms with Crippen LogP contribution < -0.4 is 16.2 Å². The normalized spacial score (nSPS) is 18.2. The van der Waals surface area contributed by atoms with Gasteiger partial charge >= 0.3 is 0 Å². The number of hydrogen-bond donors (Lipinski definition) is 3. The fourth-order valence-corrected chi connectivity index (χ4v) is 4.05. The lowest BCUT2D eigenvalue weighted by atomic mass is 9.99. The third-order valence-corrected chi connectivity index (χ3v) is 6.48. The minimum absolute atomic E-state index is 0.0482. The number of hydrazine groups is 1. The summed E-state index contributed by atoms with van der Waals surface area (Å²) in [5.41, 5.74) is 7.53. The first kappa shape index (κ1) is 20.6. The summed E-state index contributed by atoms with van der Waals surface area (Å²) in [6.07, 6.45) is 1.33. The molecule has 1 aromatic carbocycles. The number of hydrogen-bond acceptors (Lipinski definition) is 4. The molecule has 1 fully saturated rings. The molecule has 9 heteroatoms. The third-order valence-electron chi connectivity index (χ3n) is 4.39. The summed E-state index contributed by atoms with van der Waals surface area (Å²) >= 11 is 5.16. The molecule has 0 aliphatic carbocycles. The Morgan fingerprint density at radius 3 is 2.62 bits per heavy atom. The molecule has 1 aliphatic heterocycles. The van der Waals surface area contributed by atoms with Crippen LogP contribution in [0.2, 0.25) is 0 Å². The van der Waals surface area contributed by atoms with E-state index in [9.17, 15) is 13.2 Å². The predicted octanol–water partition coefficient (Wildman–Crippen LogP) is 1.05. The van der Waals surface area contributed by atoms with Gasteiger partial charge in [0, 0.05) is 19.6 Å². The number of rotatable bonds is 5. The van der Waals surface area contributed by atoms with Crippen LogP contribution in [0, 0.1) is 12.8 Å². The lowest BCUT2D eigenvalue weighted by Crippen LogP contribution is -2.52. The van der Waals surface area contributed by atoms with Crippen LogP contribution in [0.15, 0.2) is 24.3 Å². The summed E-state index contributed by atoms with van der Waals surface area (Å²) < 4.78 is 25.4. The van der Waals surface area contributed by atoms with Crippen LogP contribution in [-0.4, -0.2) is 42.6 Å². The lowest BCUT2D eigenvalue weighted by Gasteiger charge is -2.30. The molecule has 0 spiro atoms. The van der Waals surface area contributed by atoms with Crippen LogP contribution in [0.25, 0.3) is 0 Å². The summed E-state index contributed by atoms with van der Waals surface area (Å²) in [7, 11) is -3.27. The highest BCUT2D eigenvalue weighted by Crippen LogP contribution is 2.19. The molecule has 0 radical (unpaired) electrons. The minimum Gasteiger partial charge on any atom is -0.357 e. The smallest absolute Gasteiger partial charge is 0.242 e. The molecule has 1 amide bonds. The number of amides is 1. The SMILES string of the molecule is CCS(=O)(=O)N1CCCC(C(=O)NNC(=S)NCc2ccc(C)cc2)C1. The second-order valence-corrected chi connectivity index (χ2v) is 9.05. The molecule has 144 valence electrons. The molecule has 1 heterocycles. The summed E-state index contributed by atoms with van der Waals surface area (Å²) in [5.74, 6) is -0.579. The van der Waals surface area contributed by atoms with Crippen molar-refractivity contribution in [1.29, 1.82) is 0 Å². The Morgan fingerprint density at radius 1 is 1.27 bits per heavy atom. The molecule has 1 atom stereocenters. The number of nitrogens with one attached hydrogen (secondary N) is 3. The van der Waals surface area contributed by atoms with Crippen LogP contribution in [0.4, 0.5) is 0 Å². The number of sulfonamides is 1. The van der Waals surface area contributed by atoms with Crippen LogP contribution in [-0.2, 0) is 21.4 Å². The molecule has 7 nitrogen and oxygen atoms in total. The van der Waals surface area contributed by atoms with Gasteiger partial charge in [0.2, 0.25) is 15.9 Å². The topological polar surface area (TPSA) is 90.5 Å². The molecular formula is C17H26N4O3S2.